The Morgan fingerprint density at radius 1 is 1.50 bits per heavy atom. The number of hydrogen-bond donors (Lipinski definition) is 2. The third kappa shape index (κ3) is 2.32. The van der Waals surface area contributed by atoms with Crippen molar-refractivity contribution in [3.8, 4) is 0 Å². The van der Waals surface area contributed by atoms with Gasteiger partial charge in [-0.2, -0.15) is 0 Å². The van der Waals surface area contributed by atoms with E-state index in [0.717, 1.165) is 5.69 Å². The van der Waals surface area contributed by atoms with Crippen LogP contribution in [0.5, 0.6) is 0 Å². The number of Topliss-reactive ketones (excluding diaryl/α,β-unsaturated/α-hetero) is 1. The van der Waals surface area contributed by atoms with Crippen LogP contribution in [-0.2, 0) is 6.42 Å². The van der Waals surface area contributed by atoms with Gasteiger partial charge in [0, 0.05) is 24.5 Å². The largest absolute Gasteiger partial charge is 0.348 e. The summed E-state index contributed by atoms with van der Waals surface area (Å²) < 4.78 is 0. The minimum atomic E-state index is -0.588. The van der Waals surface area contributed by atoms with Crippen molar-refractivity contribution in [1.29, 1.82) is 0 Å². The van der Waals surface area contributed by atoms with Crippen molar-refractivity contribution >= 4 is 5.78 Å². The van der Waals surface area contributed by atoms with Crippen molar-refractivity contribution in [2.24, 2.45) is 5.73 Å². The number of aromatic nitrogens is 3. The van der Waals surface area contributed by atoms with E-state index in [2.05, 4.69) is 15.0 Å². The first-order valence-corrected chi connectivity index (χ1v) is 4.95. The molecule has 0 bridgehead atoms. The highest BCUT2D eigenvalue weighted by molar-refractivity contribution is 5.98. The van der Waals surface area contributed by atoms with Crippen LogP contribution in [0.4, 0.5) is 0 Å². The van der Waals surface area contributed by atoms with Crippen LogP contribution in [0.25, 0.3) is 0 Å². The zero-order valence-electron chi connectivity index (χ0n) is 8.63. The lowest BCUT2D eigenvalue weighted by Crippen LogP contribution is -2.33. The SMILES string of the molecule is N[C@@H](Cc1cnc[nH]1)C(=O)c1ccccn1. The van der Waals surface area contributed by atoms with Gasteiger partial charge in [-0.15, -0.1) is 0 Å². The predicted octanol–water partition coefficient (Wildman–Crippen LogP) is 0.557. The fraction of sp³-hybridized carbons (Fsp3) is 0.182. The molecule has 0 amide bonds. The zero-order chi connectivity index (χ0) is 11.4. The standard InChI is InChI=1S/C11H12N4O/c12-9(5-8-6-13-7-15-8)11(16)10-3-1-2-4-14-10/h1-4,6-7,9H,5,12H2,(H,13,15)/t9-/m0/s1. The number of nitrogens with one attached hydrogen (secondary N) is 1. The quantitative estimate of drug-likeness (QED) is 0.731. The van der Waals surface area contributed by atoms with Crippen molar-refractivity contribution in [3.05, 3.63) is 48.3 Å². The summed E-state index contributed by atoms with van der Waals surface area (Å²) >= 11 is 0. The summed E-state index contributed by atoms with van der Waals surface area (Å²) in [6.07, 6.45) is 5.24. The number of carbonyl (C=O) groups excluding carboxylic acids is 1. The lowest BCUT2D eigenvalue weighted by Gasteiger charge is -2.08. The van der Waals surface area contributed by atoms with E-state index in [1.54, 1.807) is 36.9 Å². The summed E-state index contributed by atoms with van der Waals surface area (Å²) in [4.78, 5) is 22.6. The van der Waals surface area contributed by atoms with Crippen LogP contribution in [-0.4, -0.2) is 26.8 Å². The fourth-order valence-corrected chi connectivity index (χ4v) is 1.42. The van der Waals surface area contributed by atoms with Crippen molar-refractivity contribution in [1.82, 2.24) is 15.0 Å². The van der Waals surface area contributed by atoms with Gasteiger partial charge in [-0.1, -0.05) is 6.07 Å². The van der Waals surface area contributed by atoms with E-state index in [0.29, 0.717) is 12.1 Å². The van der Waals surface area contributed by atoms with Crippen LogP contribution < -0.4 is 5.73 Å². The Kier molecular flexibility index (Phi) is 3.07. The van der Waals surface area contributed by atoms with Crippen LogP contribution in [0.2, 0.25) is 0 Å². The summed E-state index contributed by atoms with van der Waals surface area (Å²) in [6, 6.07) is 4.60. The number of nitrogens with zero attached hydrogens (tertiary/aromatic N) is 2. The van der Waals surface area contributed by atoms with Crippen molar-refractivity contribution in [3.63, 3.8) is 0 Å². The predicted molar refractivity (Wildman–Crippen MR) is 58.8 cm³/mol. The highest BCUT2D eigenvalue weighted by Crippen LogP contribution is 2.03. The molecule has 82 valence electrons. The summed E-state index contributed by atoms with van der Waals surface area (Å²) in [7, 11) is 0. The first kappa shape index (κ1) is 10.5. The maximum Gasteiger partial charge on any atom is 0.198 e. The van der Waals surface area contributed by atoms with Crippen molar-refractivity contribution < 1.29 is 4.79 Å². The zero-order valence-corrected chi connectivity index (χ0v) is 8.63. The van der Waals surface area contributed by atoms with Gasteiger partial charge in [-0.3, -0.25) is 9.78 Å². The maximum absolute atomic E-state index is 11.8. The van der Waals surface area contributed by atoms with E-state index in [-0.39, 0.29) is 5.78 Å². The smallest absolute Gasteiger partial charge is 0.198 e. The third-order valence-corrected chi connectivity index (χ3v) is 2.25. The molecule has 2 aromatic rings. The number of aromatic amines is 1. The first-order valence-electron chi connectivity index (χ1n) is 4.95. The lowest BCUT2D eigenvalue weighted by atomic mass is 10.1. The summed E-state index contributed by atoms with van der Waals surface area (Å²) in [5, 5.41) is 0. The second-order valence-corrected chi connectivity index (χ2v) is 3.47. The van der Waals surface area contributed by atoms with Gasteiger partial charge in [-0.25, -0.2) is 4.98 Å². The molecule has 0 aromatic carbocycles. The van der Waals surface area contributed by atoms with E-state index in [1.807, 2.05) is 0 Å². The van der Waals surface area contributed by atoms with E-state index >= 15 is 0 Å². The van der Waals surface area contributed by atoms with Gasteiger partial charge in [0.1, 0.15) is 5.69 Å². The van der Waals surface area contributed by atoms with E-state index in [9.17, 15) is 4.79 Å². The molecule has 0 saturated heterocycles. The molecule has 0 unspecified atom stereocenters. The highest BCUT2D eigenvalue weighted by atomic mass is 16.1. The molecule has 2 aromatic heterocycles. The number of nitrogens with two attached hydrogens (primary N) is 1. The van der Waals surface area contributed by atoms with E-state index < -0.39 is 6.04 Å². The van der Waals surface area contributed by atoms with Crippen molar-refractivity contribution in [2.75, 3.05) is 0 Å². The molecule has 1 atom stereocenters. The molecule has 0 aliphatic heterocycles. The molecule has 0 spiro atoms. The molecular weight excluding hydrogens is 204 g/mol. The van der Waals surface area contributed by atoms with Crippen LogP contribution in [0.1, 0.15) is 16.2 Å². The molecule has 3 N–H and O–H groups in total. The average Bonchev–Trinajstić information content (AvgIpc) is 2.82. The summed E-state index contributed by atoms with van der Waals surface area (Å²) in [5.74, 6) is -0.157. The van der Waals surface area contributed by atoms with Gasteiger partial charge in [-0.05, 0) is 12.1 Å². The number of rotatable bonds is 4. The number of carbonyl (C=O) groups is 1. The lowest BCUT2D eigenvalue weighted by molar-refractivity contribution is 0.0955. The topological polar surface area (TPSA) is 84.7 Å². The van der Waals surface area contributed by atoms with Crippen molar-refractivity contribution in [2.45, 2.75) is 12.5 Å². The number of ketones is 1. The van der Waals surface area contributed by atoms with Crippen LogP contribution in [0.15, 0.2) is 36.9 Å². The van der Waals surface area contributed by atoms with E-state index in [4.69, 9.17) is 5.73 Å². The highest BCUT2D eigenvalue weighted by Gasteiger charge is 2.17. The molecule has 5 nitrogen and oxygen atoms in total. The summed E-state index contributed by atoms with van der Waals surface area (Å²) in [5.41, 5.74) is 7.05. The minimum Gasteiger partial charge on any atom is -0.348 e. The fourth-order valence-electron chi connectivity index (χ4n) is 1.42. The van der Waals surface area contributed by atoms with Gasteiger partial charge < -0.3 is 10.7 Å². The molecule has 0 aliphatic carbocycles. The number of pyridine rings is 1. The minimum absolute atomic E-state index is 0.157. The van der Waals surface area contributed by atoms with Gasteiger partial charge in [0.25, 0.3) is 0 Å². The monoisotopic (exact) mass is 216 g/mol. The molecule has 0 fully saturated rings. The second kappa shape index (κ2) is 4.67. The van der Waals surface area contributed by atoms with Gasteiger partial charge in [0.2, 0.25) is 0 Å². The Hall–Kier alpha value is -2.01. The molecule has 0 saturated carbocycles. The van der Waals surface area contributed by atoms with Crippen LogP contribution in [0.3, 0.4) is 0 Å². The molecular formula is C11H12N4O. The Bertz CT molecular complexity index is 452. The van der Waals surface area contributed by atoms with Gasteiger partial charge >= 0.3 is 0 Å². The molecule has 2 heterocycles. The maximum atomic E-state index is 11.8. The number of hydrogen-bond acceptors (Lipinski definition) is 4. The van der Waals surface area contributed by atoms with Gasteiger partial charge in [0.15, 0.2) is 5.78 Å². The Labute approximate surface area is 92.7 Å². The number of imidazole rings is 1. The first-order chi connectivity index (χ1) is 7.77. The molecule has 5 heteroatoms. The Balaban J connectivity index is 2.05. The second-order valence-electron chi connectivity index (χ2n) is 3.47. The third-order valence-electron chi connectivity index (χ3n) is 2.25. The van der Waals surface area contributed by atoms with Crippen LogP contribution >= 0.6 is 0 Å². The number of H-pyrrole nitrogens is 1. The molecule has 16 heavy (non-hydrogen) atoms. The average molecular weight is 216 g/mol. The summed E-state index contributed by atoms with van der Waals surface area (Å²) in [6.45, 7) is 0. The van der Waals surface area contributed by atoms with Crippen LogP contribution in [0, 0.1) is 0 Å². The normalized spacial score (nSPS) is 12.3. The Morgan fingerprint density at radius 2 is 2.38 bits per heavy atom. The molecule has 0 aliphatic rings. The van der Waals surface area contributed by atoms with E-state index in [1.165, 1.54) is 0 Å². The van der Waals surface area contributed by atoms with Gasteiger partial charge in [0.05, 0.1) is 12.4 Å². The molecule has 0 radical (unpaired) electrons. The molecule has 2 rings (SSSR count). The Morgan fingerprint density at radius 3 is 3.00 bits per heavy atom.